The van der Waals surface area contributed by atoms with Gasteiger partial charge in [0.25, 0.3) is 0 Å². The summed E-state index contributed by atoms with van der Waals surface area (Å²) in [5.41, 5.74) is 1.99. The zero-order valence-corrected chi connectivity index (χ0v) is 12.1. The Labute approximate surface area is 123 Å². The number of aromatic carboxylic acids is 1. The molecule has 0 aliphatic rings. The number of hydrogen-bond donors (Lipinski definition) is 1. The van der Waals surface area contributed by atoms with E-state index in [2.05, 4.69) is 0 Å². The number of carboxylic acid groups (broad SMARTS) is 1. The summed E-state index contributed by atoms with van der Waals surface area (Å²) in [5.74, 6) is 0.419. The molecule has 0 heterocycles. The second-order valence-corrected chi connectivity index (χ2v) is 4.41. The van der Waals surface area contributed by atoms with Gasteiger partial charge in [-0.15, -0.1) is 0 Å². The van der Waals surface area contributed by atoms with Gasteiger partial charge in [-0.1, -0.05) is 18.2 Å². The van der Waals surface area contributed by atoms with Crippen molar-refractivity contribution in [3.63, 3.8) is 0 Å². The van der Waals surface area contributed by atoms with Crippen LogP contribution in [0.15, 0.2) is 42.5 Å². The molecule has 0 aliphatic carbocycles. The van der Waals surface area contributed by atoms with Crippen molar-refractivity contribution in [2.24, 2.45) is 0 Å². The fourth-order valence-electron chi connectivity index (χ4n) is 2.06. The van der Waals surface area contributed by atoms with E-state index in [9.17, 15) is 4.79 Å². The topological polar surface area (TPSA) is 55.8 Å². The van der Waals surface area contributed by atoms with Gasteiger partial charge in [-0.2, -0.15) is 0 Å². The van der Waals surface area contributed by atoms with Crippen molar-refractivity contribution >= 4 is 5.97 Å². The maximum Gasteiger partial charge on any atom is 0.335 e. The minimum atomic E-state index is -0.937. The molecule has 2 rings (SSSR count). The standard InChI is InChI=1S/C17H18O4/c1-3-20-15-9-8-13(11-16(15)21-4-2)12-6-5-7-14(10-12)17(18)19/h5-11H,3-4H2,1-2H3,(H,18,19). The quantitative estimate of drug-likeness (QED) is 0.876. The number of hydrogen-bond acceptors (Lipinski definition) is 3. The van der Waals surface area contributed by atoms with Crippen LogP contribution in [0.5, 0.6) is 11.5 Å². The minimum absolute atomic E-state index is 0.263. The molecule has 0 aromatic heterocycles. The molecule has 110 valence electrons. The number of carboxylic acids is 1. The second kappa shape index (κ2) is 6.79. The first kappa shape index (κ1) is 14.9. The Hall–Kier alpha value is -2.49. The Bertz CT molecular complexity index is 634. The molecule has 0 radical (unpaired) electrons. The Balaban J connectivity index is 2.42. The van der Waals surface area contributed by atoms with Gasteiger partial charge in [0.15, 0.2) is 11.5 Å². The largest absolute Gasteiger partial charge is 0.490 e. The van der Waals surface area contributed by atoms with E-state index in [4.69, 9.17) is 14.6 Å². The minimum Gasteiger partial charge on any atom is -0.490 e. The van der Waals surface area contributed by atoms with Gasteiger partial charge in [0, 0.05) is 0 Å². The van der Waals surface area contributed by atoms with Crippen LogP contribution in [-0.4, -0.2) is 24.3 Å². The van der Waals surface area contributed by atoms with Crippen molar-refractivity contribution in [3.8, 4) is 22.6 Å². The molecule has 0 atom stereocenters. The van der Waals surface area contributed by atoms with E-state index in [-0.39, 0.29) is 5.56 Å². The van der Waals surface area contributed by atoms with Crippen molar-refractivity contribution < 1.29 is 19.4 Å². The van der Waals surface area contributed by atoms with Gasteiger partial charge in [-0.25, -0.2) is 4.79 Å². The smallest absolute Gasteiger partial charge is 0.335 e. The number of carbonyl (C=O) groups is 1. The third kappa shape index (κ3) is 3.54. The second-order valence-electron chi connectivity index (χ2n) is 4.41. The molecule has 21 heavy (non-hydrogen) atoms. The predicted molar refractivity (Wildman–Crippen MR) is 81.2 cm³/mol. The van der Waals surface area contributed by atoms with Crippen molar-refractivity contribution in [2.45, 2.75) is 13.8 Å². The Kier molecular flexibility index (Phi) is 4.82. The first-order valence-corrected chi connectivity index (χ1v) is 6.89. The summed E-state index contributed by atoms with van der Waals surface area (Å²) in [5, 5.41) is 9.06. The highest BCUT2D eigenvalue weighted by Gasteiger charge is 2.09. The van der Waals surface area contributed by atoms with E-state index < -0.39 is 5.97 Å². The van der Waals surface area contributed by atoms with Gasteiger partial charge >= 0.3 is 5.97 Å². The van der Waals surface area contributed by atoms with Gasteiger partial charge in [0.05, 0.1) is 18.8 Å². The molecule has 2 aromatic carbocycles. The Morgan fingerprint density at radius 3 is 2.29 bits per heavy atom. The van der Waals surface area contributed by atoms with E-state index in [0.29, 0.717) is 24.7 Å². The van der Waals surface area contributed by atoms with E-state index in [1.165, 1.54) is 0 Å². The molecule has 1 N–H and O–H groups in total. The lowest BCUT2D eigenvalue weighted by Crippen LogP contribution is -1.99. The van der Waals surface area contributed by atoms with Gasteiger partial charge in [0.1, 0.15) is 0 Å². The molecule has 2 aromatic rings. The third-order valence-electron chi connectivity index (χ3n) is 2.99. The molecule has 0 unspecified atom stereocenters. The molecule has 0 amide bonds. The zero-order chi connectivity index (χ0) is 15.2. The number of ether oxygens (including phenoxy) is 2. The average Bonchev–Trinajstić information content (AvgIpc) is 2.49. The molecule has 0 aliphatic heterocycles. The van der Waals surface area contributed by atoms with Crippen LogP contribution < -0.4 is 9.47 Å². The van der Waals surface area contributed by atoms with Crippen LogP contribution in [0.2, 0.25) is 0 Å². The summed E-state index contributed by atoms with van der Waals surface area (Å²) in [7, 11) is 0. The van der Waals surface area contributed by atoms with Crippen LogP contribution in [0.25, 0.3) is 11.1 Å². The SMILES string of the molecule is CCOc1ccc(-c2cccc(C(=O)O)c2)cc1OCC. The predicted octanol–water partition coefficient (Wildman–Crippen LogP) is 3.85. The molecular weight excluding hydrogens is 268 g/mol. The molecule has 0 spiro atoms. The van der Waals surface area contributed by atoms with Crippen LogP contribution in [0, 0.1) is 0 Å². The maximum absolute atomic E-state index is 11.0. The molecule has 4 nitrogen and oxygen atoms in total. The van der Waals surface area contributed by atoms with Crippen LogP contribution >= 0.6 is 0 Å². The van der Waals surface area contributed by atoms with E-state index in [1.54, 1.807) is 18.2 Å². The van der Waals surface area contributed by atoms with E-state index in [1.807, 2.05) is 38.1 Å². The molecule has 0 saturated heterocycles. The van der Waals surface area contributed by atoms with Crippen LogP contribution in [0.1, 0.15) is 24.2 Å². The first-order valence-electron chi connectivity index (χ1n) is 6.89. The lowest BCUT2D eigenvalue weighted by molar-refractivity contribution is 0.0697. The summed E-state index contributed by atoms with van der Waals surface area (Å²) in [6, 6.07) is 12.4. The van der Waals surface area contributed by atoms with Crippen molar-refractivity contribution in [2.75, 3.05) is 13.2 Å². The van der Waals surface area contributed by atoms with Gasteiger partial charge in [-0.05, 0) is 49.2 Å². The lowest BCUT2D eigenvalue weighted by atomic mass is 10.0. The van der Waals surface area contributed by atoms with Gasteiger partial charge in [-0.3, -0.25) is 0 Å². The van der Waals surface area contributed by atoms with Crippen LogP contribution in [0.3, 0.4) is 0 Å². The monoisotopic (exact) mass is 286 g/mol. The normalized spacial score (nSPS) is 10.2. The fraction of sp³-hybridized carbons (Fsp3) is 0.235. The Morgan fingerprint density at radius 1 is 0.952 bits per heavy atom. The van der Waals surface area contributed by atoms with Crippen LogP contribution in [0.4, 0.5) is 0 Å². The summed E-state index contributed by atoms with van der Waals surface area (Å²) in [6.45, 7) is 4.93. The van der Waals surface area contributed by atoms with Crippen molar-refractivity contribution in [1.29, 1.82) is 0 Å². The molecule has 4 heteroatoms. The molecular formula is C17H18O4. The summed E-state index contributed by atoms with van der Waals surface area (Å²) >= 11 is 0. The maximum atomic E-state index is 11.0. The zero-order valence-electron chi connectivity index (χ0n) is 12.1. The highest BCUT2D eigenvalue weighted by molar-refractivity contribution is 5.89. The fourth-order valence-corrected chi connectivity index (χ4v) is 2.06. The van der Waals surface area contributed by atoms with Gasteiger partial charge in [0.2, 0.25) is 0 Å². The first-order chi connectivity index (χ1) is 10.2. The van der Waals surface area contributed by atoms with Crippen molar-refractivity contribution in [1.82, 2.24) is 0 Å². The third-order valence-corrected chi connectivity index (χ3v) is 2.99. The van der Waals surface area contributed by atoms with E-state index in [0.717, 1.165) is 11.1 Å². The van der Waals surface area contributed by atoms with Crippen LogP contribution in [-0.2, 0) is 0 Å². The lowest BCUT2D eigenvalue weighted by Gasteiger charge is -2.12. The molecule has 0 saturated carbocycles. The number of rotatable bonds is 6. The molecule has 0 fully saturated rings. The highest BCUT2D eigenvalue weighted by Crippen LogP contribution is 2.33. The highest BCUT2D eigenvalue weighted by atomic mass is 16.5. The summed E-state index contributed by atoms with van der Waals surface area (Å²) in [4.78, 5) is 11.0. The summed E-state index contributed by atoms with van der Waals surface area (Å²) < 4.78 is 11.1. The Morgan fingerprint density at radius 2 is 1.62 bits per heavy atom. The summed E-state index contributed by atoms with van der Waals surface area (Å²) in [6.07, 6.45) is 0. The van der Waals surface area contributed by atoms with Crippen molar-refractivity contribution in [3.05, 3.63) is 48.0 Å². The average molecular weight is 286 g/mol. The number of benzene rings is 2. The van der Waals surface area contributed by atoms with E-state index >= 15 is 0 Å². The molecule has 0 bridgehead atoms. The van der Waals surface area contributed by atoms with Gasteiger partial charge < -0.3 is 14.6 Å².